The van der Waals surface area contributed by atoms with Crippen LogP contribution in [0.3, 0.4) is 0 Å². The quantitative estimate of drug-likeness (QED) is 0.797. The zero-order valence-electron chi connectivity index (χ0n) is 12.9. The van der Waals surface area contributed by atoms with Gasteiger partial charge in [-0.25, -0.2) is 4.79 Å². The van der Waals surface area contributed by atoms with E-state index >= 15 is 0 Å². The van der Waals surface area contributed by atoms with Crippen LogP contribution < -0.4 is 10.6 Å². The average Bonchev–Trinajstić information content (AvgIpc) is 2.30. The van der Waals surface area contributed by atoms with Crippen LogP contribution in [0.1, 0.15) is 39.2 Å². The van der Waals surface area contributed by atoms with Crippen LogP contribution in [0, 0.1) is 0 Å². The zero-order valence-corrected chi connectivity index (χ0v) is 12.9. The van der Waals surface area contributed by atoms with Crippen molar-refractivity contribution in [3.8, 4) is 5.75 Å². The first-order valence-corrected chi connectivity index (χ1v) is 7.32. The highest BCUT2D eigenvalue weighted by molar-refractivity contribution is 5.67. The molecule has 1 unspecified atom stereocenters. The molecule has 1 saturated heterocycles. The monoisotopic (exact) mass is 292 g/mol. The van der Waals surface area contributed by atoms with Gasteiger partial charge in [-0.3, -0.25) is 0 Å². The molecule has 21 heavy (non-hydrogen) atoms. The fraction of sp³-hybridized carbons (Fsp3) is 0.562. The summed E-state index contributed by atoms with van der Waals surface area (Å²) in [6.45, 7) is 7.00. The van der Waals surface area contributed by atoms with Crippen molar-refractivity contribution in [2.75, 3.05) is 13.1 Å². The predicted molar refractivity (Wildman–Crippen MR) is 81.3 cm³/mol. The van der Waals surface area contributed by atoms with E-state index in [1.54, 1.807) is 12.1 Å². The van der Waals surface area contributed by atoms with Crippen LogP contribution in [0.15, 0.2) is 24.3 Å². The molecule has 2 rings (SSSR count). The molecule has 0 aliphatic carbocycles. The van der Waals surface area contributed by atoms with E-state index in [0.29, 0.717) is 6.54 Å². The molecule has 1 heterocycles. The molecule has 5 heteroatoms. The van der Waals surface area contributed by atoms with Crippen LogP contribution in [-0.4, -0.2) is 29.9 Å². The van der Waals surface area contributed by atoms with Gasteiger partial charge in [0.15, 0.2) is 0 Å². The van der Waals surface area contributed by atoms with Crippen molar-refractivity contribution in [1.82, 2.24) is 10.6 Å². The Bertz CT molecular complexity index is 504. The van der Waals surface area contributed by atoms with Gasteiger partial charge in [-0.1, -0.05) is 12.1 Å². The second kappa shape index (κ2) is 5.93. The van der Waals surface area contributed by atoms with E-state index in [4.69, 9.17) is 4.74 Å². The van der Waals surface area contributed by atoms with Gasteiger partial charge in [0.1, 0.15) is 11.4 Å². The van der Waals surface area contributed by atoms with Crippen molar-refractivity contribution in [3.05, 3.63) is 29.8 Å². The third kappa shape index (κ3) is 4.11. The fourth-order valence-corrected chi connectivity index (χ4v) is 2.53. The van der Waals surface area contributed by atoms with E-state index in [9.17, 15) is 9.90 Å². The Labute approximate surface area is 125 Å². The molecule has 0 bridgehead atoms. The Balaban J connectivity index is 1.90. The Morgan fingerprint density at radius 3 is 2.71 bits per heavy atom. The van der Waals surface area contributed by atoms with Crippen LogP contribution in [0.25, 0.3) is 0 Å². The molecule has 0 spiro atoms. The molecule has 1 atom stereocenters. The minimum atomic E-state index is -0.484. The van der Waals surface area contributed by atoms with Crippen LogP contribution in [0.2, 0.25) is 0 Å². The number of alkyl carbamates (subject to hydrolysis) is 1. The molecule has 1 aliphatic rings. The highest BCUT2D eigenvalue weighted by Gasteiger charge is 2.38. The molecule has 0 radical (unpaired) electrons. The van der Waals surface area contributed by atoms with Gasteiger partial charge in [-0.05, 0) is 57.9 Å². The van der Waals surface area contributed by atoms with E-state index in [2.05, 4.69) is 10.6 Å². The third-order valence-electron chi connectivity index (χ3n) is 3.63. The number of aromatic hydroxyl groups is 1. The second-order valence-electron chi connectivity index (χ2n) is 6.49. The molecule has 5 nitrogen and oxygen atoms in total. The average molecular weight is 292 g/mol. The van der Waals surface area contributed by atoms with Gasteiger partial charge in [-0.15, -0.1) is 0 Å². The molecule has 0 aromatic heterocycles. The first-order valence-electron chi connectivity index (χ1n) is 7.32. The highest BCUT2D eigenvalue weighted by atomic mass is 16.6. The summed E-state index contributed by atoms with van der Waals surface area (Å²) in [5, 5.41) is 15.8. The minimum Gasteiger partial charge on any atom is -0.508 e. The fourth-order valence-electron chi connectivity index (χ4n) is 2.53. The lowest BCUT2D eigenvalue weighted by molar-refractivity contribution is 0.0517. The largest absolute Gasteiger partial charge is 0.508 e. The summed E-state index contributed by atoms with van der Waals surface area (Å²) in [5.41, 5.74) is 0.412. The van der Waals surface area contributed by atoms with Gasteiger partial charge in [0.25, 0.3) is 0 Å². The van der Waals surface area contributed by atoms with E-state index in [1.165, 1.54) is 0 Å². The molecule has 3 N–H and O–H groups in total. The zero-order chi connectivity index (χ0) is 15.5. The van der Waals surface area contributed by atoms with Gasteiger partial charge >= 0.3 is 6.09 Å². The number of hydrogen-bond donors (Lipinski definition) is 3. The summed E-state index contributed by atoms with van der Waals surface area (Å²) in [5.74, 6) is 0.265. The molecule has 1 aliphatic heterocycles. The number of carbonyl (C=O) groups is 1. The maximum atomic E-state index is 11.6. The minimum absolute atomic E-state index is 0.159. The summed E-state index contributed by atoms with van der Waals surface area (Å²) in [4.78, 5) is 11.6. The molecular formula is C16H24N2O3. The van der Waals surface area contributed by atoms with Gasteiger partial charge in [-0.2, -0.15) is 0 Å². The topological polar surface area (TPSA) is 70.6 Å². The molecular weight excluding hydrogens is 268 g/mol. The van der Waals surface area contributed by atoms with E-state index < -0.39 is 11.7 Å². The predicted octanol–water partition coefficient (Wildman–Crippen LogP) is 2.50. The van der Waals surface area contributed by atoms with Gasteiger partial charge in [0, 0.05) is 12.1 Å². The number of nitrogens with one attached hydrogen (secondary N) is 2. The Morgan fingerprint density at radius 1 is 1.48 bits per heavy atom. The summed E-state index contributed by atoms with van der Waals surface area (Å²) < 4.78 is 5.22. The molecule has 116 valence electrons. The van der Waals surface area contributed by atoms with Gasteiger partial charge < -0.3 is 20.5 Å². The summed E-state index contributed by atoms with van der Waals surface area (Å²) in [6, 6.07) is 7.28. The molecule has 1 fully saturated rings. The SMILES string of the molecule is CC(C)(C)OC(=O)NCCC1(c2cccc(O)c2)CCN1. The smallest absolute Gasteiger partial charge is 0.407 e. The number of phenols is 1. The van der Waals surface area contributed by atoms with E-state index in [0.717, 1.165) is 24.9 Å². The molecule has 1 aromatic carbocycles. The first kappa shape index (κ1) is 15.6. The number of rotatable bonds is 4. The lowest BCUT2D eigenvalue weighted by Crippen LogP contribution is -2.55. The number of ether oxygens (including phenoxy) is 1. The Kier molecular flexibility index (Phi) is 4.42. The van der Waals surface area contributed by atoms with Crippen LogP contribution in [-0.2, 0) is 10.3 Å². The van der Waals surface area contributed by atoms with Crippen molar-refractivity contribution in [1.29, 1.82) is 0 Å². The van der Waals surface area contributed by atoms with Gasteiger partial charge in [0.2, 0.25) is 0 Å². The number of benzene rings is 1. The van der Waals surface area contributed by atoms with Crippen molar-refractivity contribution in [2.24, 2.45) is 0 Å². The molecule has 1 amide bonds. The number of carbonyl (C=O) groups excluding carboxylic acids is 1. The maximum Gasteiger partial charge on any atom is 0.407 e. The third-order valence-corrected chi connectivity index (χ3v) is 3.63. The Morgan fingerprint density at radius 2 is 2.19 bits per heavy atom. The normalized spacial score (nSPS) is 21.5. The van der Waals surface area contributed by atoms with Crippen molar-refractivity contribution < 1.29 is 14.6 Å². The lowest BCUT2D eigenvalue weighted by Gasteiger charge is -2.44. The van der Waals surface area contributed by atoms with Crippen LogP contribution in [0.4, 0.5) is 4.79 Å². The molecule has 0 saturated carbocycles. The number of phenolic OH excluding ortho intramolecular Hbond substituents is 1. The van der Waals surface area contributed by atoms with Crippen molar-refractivity contribution in [2.45, 2.75) is 44.8 Å². The van der Waals surface area contributed by atoms with Crippen molar-refractivity contribution >= 4 is 6.09 Å². The number of hydrogen-bond acceptors (Lipinski definition) is 4. The second-order valence-corrected chi connectivity index (χ2v) is 6.49. The first-order chi connectivity index (χ1) is 9.81. The van der Waals surface area contributed by atoms with Gasteiger partial charge in [0.05, 0.1) is 0 Å². The van der Waals surface area contributed by atoms with E-state index in [1.807, 2.05) is 32.9 Å². The summed E-state index contributed by atoms with van der Waals surface area (Å²) >= 11 is 0. The number of amides is 1. The van der Waals surface area contributed by atoms with Crippen LogP contribution in [0.5, 0.6) is 5.75 Å². The lowest BCUT2D eigenvalue weighted by atomic mass is 9.78. The maximum absolute atomic E-state index is 11.6. The standard InChI is InChI=1S/C16H24N2O3/c1-15(2,3)21-14(20)17-9-7-16(8-10-18-16)12-5-4-6-13(19)11-12/h4-6,11,18-19H,7-10H2,1-3H3,(H,17,20). The summed E-state index contributed by atoms with van der Waals surface area (Å²) in [7, 11) is 0. The van der Waals surface area contributed by atoms with Crippen LogP contribution >= 0.6 is 0 Å². The summed E-state index contributed by atoms with van der Waals surface area (Å²) in [6.07, 6.45) is 1.36. The molecule has 1 aromatic rings. The Hall–Kier alpha value is -1.75. The van der Waals surface area contributed by atoms with Crippen molar-refractivity contribution in [3.63, 3.8) is 0 Å². The van der Waals surface area contributed by atoms with E-state index in [-0.39, 0.29) is 11.3 Å². The highest BCUT2D eigenvalue weighted by Crippen LogP contribution is 2.35.